The molecule has 1 unspecified atom stereocenters. The molecule has 2 aromatic rings. The molecule has 21 heavy (non-hydrogen) atoms. The summed E-state index contributed by atoms with van der Waals surface area (Å²) < 4.78 is 0. The molecule has 1 heterocycles. The van der Waals surface area contributed by atoms with E-state index < -0.39 is 6.23 Å². The van der Waals surface area contributed by atoms with Gasteiger partial charge in [-0.3, -0.25) is 4.79 Å². The first-order chi connectivity index (χ1) is 10.2. The first-order valence-corrected chi connectivity index (χ1v) is 6.98. The smallest absolute Gasteiger partial charge is 0.256 e. The molecule has 1 amide bonds. The highest BCUT2D eigenvalue weighted by Gasteiger charge is 2.36. The maximum atomic E-state index is 12.5. The Balaban J connectivity index is 1.95. The van der Waals surface area contributed by atoms with Crippen LogP contribution in [0.25, 0.3) is 0 Å². The number of carbonyl (C=O) groups is 1. The van der Waals surface area contributed by atoms with Crippen molar-refractivity contribution in [3.63, 3.8) is 0 Å². The molecule has 3 rings (SSSR count). The van der Waals surface area contributed by atoms with Crippen LogP contribution in [-0.2, 0) is 13.0 Å². The molecule has 2 aromatic carbocycles. The molecule has 0 radical (unpaired) electrons. The molecule has 0 aromatic heterocycles. The van der Waals surface area contributed by atoms with E-state index in [9.17, 15) is 9.90 Å². The van der Waals surface area contributed by atoms with Gasteiger partial charge in [-0.25, -0.2) is 0 Å². The summed E-state index contributed by atoms with van der Waals surface area (Å²) in [6, 6.07) is 15.3. The van der Waals surface area contributed by atoms with Crippen LogP contribution in [0, 0.1) is 0 Å². The molecule has 1 atom stereocenters. The van der Waals surface area contributed by atoms with E-state index in [4.69, 9.17) is 0 Å². The number of nitrogens with zero attached hydrogens (tertiary/aromatic N) is 1. The van der Waals surface area contributed by atoms with Gasteiger partial charge in [0.05, 0.1) is 0 Å². The highest BCUT2D eigenvalue weighted by molar-refractivity contribution is 5.99. The number of hydrogen-bond donors (Lipinski definition) is 1. The van der Waals surface area contributed by atoms with E-state index in [-0.39, 0.29) is 5.91 Å². The lowest BCUT2D eigenvalue weighted by atomic mass is 10.00. The van der Waals surface area contributed by atoms with Crippen molar-refractivity contribution >= 4 is 5.91 Å². The summed E-state index contributed by atoms with van der Waals surface area (Å²) in [5.41, 5.74) is 3.28. The van der Waals surface area contributed by atoms with Crippen LogP contribution in [0.2, 0.25) is 0 Å². The molecule has 1 aliphatic heterocycles. The number of aliphatic hydroxyl groups excluding tert-OH is 1. The van der Waals surface area contributed by atoms with Crippen molar-refractivity contribution in [2.45, 2.75) is 19.2 Å². The predicted molar refractivity (Wildman–Crippen MR) is 81.6 cm³/mol. The molecule has 0 spiro atoms. The van der Waals surface area contributed by atoms with Gasteiger partial charge in [0.2, 0.25) is 0 Å². The van der Waals surface area contributed by atoms with E-state index in [1.807, 2.05) is 42.5 Å². The Kier molecular flexibility index (Phi) is 3.59. The molecular weight excluding hydrogens is 262 g/mol. The van der Waals surface area contributed by atoms with Crippen molar-refractivity contribution in [1.29, 1.82) is 0 Å². The molecular formula is C18H17NO2. The number of carbonyl (C=O) groups excluding carboxylic acids is 1. The standard InChI is InChI=1S/C18H17NO2/c1-2-7-14-10-6-11-15-16(14)18(21)19(17(15)20)12-13-8-4-3-5-9-13/h2-6,8-11,18,21H,1,7,12H2. The van der Waals surface area contributed by atoms with E-state index >= 15 is 0 Å². The van der Waals surface area contributed by atoms with Gasteiger partial charge in [0, 0.05) is 17.7 Å². The summed E-state index contributed by atoms with van der Waals surface area (Å²) in [6.07, 6.45) is 1.54. The van der Waals surface area contributed by atoms with Crippen molar-refractivity contribution in [3.8, 4) is 0 Å². The molecule has 0 bridgehead atoms. The molecule has 0 saturated heterocycles. The van der Waals surface area contributed by atoms with Gasteiger partial charge >= 0.3 is 0 Å². The minimum Gasteiger partial charge on any atom is -0.369 e. The second-order valence-electron chi connectivity index (χ2n) is 5.16. The summed E-state index contributed by atoms with van der Waals surface area (Å²) in [6.45, 7) is 4.14. The van der Waals surface area contributed by atoms with Crippen LogP contribution in [0.4, 0.5) is 0 Å². The first-order valence-electron chi connectivity index (χ1n) is 6.98. The number of fused-ring (bicyclic) bond motifs is 1. The fraction of sp³-hybridized carbons (Fsp3) is 0.167. The molecule has 1 N–H and O–H groups in total. The Bertz CT molecular complexity index is 679. The fourth-order valence-electron chi connectivity index (χ4n) is 2.80. The van der Waals surface area contributed by atoms with Gasteiger partial charge in [-0.05, 0) is 23.6 Å². The summed E-state index contributed by atoms with van der Waals surface area (Å²) in [4.78, 5) is 14.0. The number of aliphatic hydroxyl groups is 1. The van der Waals surface area contributed by atoms with Crippen molar-refractivity contribution in [3.05, 3.63) is 83.4 Å². The highest BCUT2D eigenvalue weighted by Crippen LogP contribution is 2.35. The second-order valence-corrected chi connectivity index (χ2v) is 5.16. The largest absolute Gasteiger partial charge is 0.369 e. The first kappa shape index (κ1) is 13.6. The van der Waals surface area contributed by atoms with E-state index in [0.717, 1.165) is 16.7 Å². The average Bonchev–Trinajstić information content (AvgIpc) is 2.75. The number of allylic oxidation sites excluding steroid dienone is 1. The van der Waals surface area contributed by atoms with Gasteiger partial charge in [0.1, 0.15) is 0 Å². The summed E-state index contributed by atoms with van der Waals surface area (Å²) in [7, 11) is 0. The van der Waals surface area contributed by atoms with E-state index in [2.05, 4.69) is 6.58 Å². The van der Waals surface area contributed by atoms with Crippen LogP contribution < -0.4 is 0 Å². The Hall–Kier alpha value is -2.39. The number of benzene rings is 2. The summed E-state index contributed by atoms with van der Waals surface area (Å²) in [5.74, 6) is -0.118. The zero-order chi connectivity index (χ0) is 14.8. The number of amides is 1. The van der Waals surface area contributed by atoms with Crippen molar-refractivity contribution in [1.82, 2.24) is 4.90 Å². The average molecular weight is 279 g/mol. The number of rotatable bonds is 4. The predicted octanol–water partition coefficient (Wildman–Crippen LogP) is 3.06. The van der Waals surface area contributed by atoms with Crippen LogP contribution >= 0.6 is 0 Å². The second kappa shape index (κ2) is 5.54. The minimum absolute atomic E-state index is 0.118. The molecule has 3 nitrogen and oxygen atoms in total. The lowest BCUT2D eigenvalue weighted by molar-refractivity contribution is 0.0134. The van der Waals surface area contributed by atoms with Crippen molar-refractivity contribution in [2.24, 2.45) is 0 Å². The maximum absolute atomic E-state index is 12.5. The monoisotopic (exact) mass is 279 g/mol. The van der Waals surface area contributed by atoms with Gasteiger partial charge in [0.15, 0.2) is 6.23 Å². The molecule has 0 fully saturated rings. The third kappa shape index (κ3) is 2.36. The van der Waals surface area contributed by atoms with Gasteiger partial charge in [0.25, 0.3) is 5.91 Å². The zero-order valence-corrected chi connectivity index (χ0v) is 11.7. The van der Waals surface area contributed by atoms with Crippen LogP contribution in [0.3, 0.4) is 0 Å². The number of hydrogen-bond acceptors (Lipinski definition) is 2. The SMILES string of the molecule is C=CCc1cccc2c1C(O)N(Cc1ccccc1)C2=O. The van der Waals surface area contributed by atoms with E-state index in [0.29, 0.717) is 18.5 Å². The van der Waals surface area contributed by atoms with Crippen LogP contribution in [0.15, 0.2) is 61.2 Å². The van der Waals surface area contributed by atoms with Gasteiger partial charge < -0.3 is 10.0 Å². The lowest BCUT2D eigenvalue weighted by Gasteiger charge is -2.21. The topological polar surface area (TPSA) is 40.5 Å². The summed E-state index contributed by atoms with van der Waals surface area (Å²) in [5, 5.41) is 10.6. The minimum atomic E-state index is -0.885. The third-order valence-corrected chi connectivity index (χ3v) is 3.80. The zero-order valence-electron chi connectivity index (χ0n) is 11.7. The van der Waals surface area contributed by atoms with E-state index in [1.165, 1.54) is 4.90 Å². The van der Waals surface area contributed by atoms with Gasteiger partial charge in [-0.1, -0.05) is 48.5 Å². The van der Waals surface area contributed by atoms with Crippen molar-refractivity contribution in [2.75, 3.05) is 0 Å². The molecule has 106 valence electrons. The normalized spacial score (nSPS) is 16.9. The fourth-order valence-corrected chi connectivity index (χ4v) is 2.80. The molecule has 0 aliphatic carbocycles. The Morgan fingerprint density at radius 1 is 1.14 bits per heavy atom. The summed E-state index contributed by atoms with van der Waals surface area (Å²) >= 11 is 0. The Labute approximate surface area is 124 Å². The van der Waals surface area contributed by atoms with Crippen LogP contribution in [-0.4, -0.2) is 15.9 Å². The third-order valence-electron chi connectivity index (χ3n) is 3.80. The highest BCUT2D eigenvalue weighted by atomic mass is 16.3. The molecule has 3 heteroatoms. The van der Waals surface area contributed by atoms with Gasteiger partial charge in [-0.2, -0.15) is 0 Å². The van der Waals surface area contributed by atoms with Crippen LogP contribution in [0.5, 0.6) is 0 Å². The Morgan fingerprint density at radius 2 is 1.90 bits per heavy atom. The maximum Gasteiger partial charge on any atom is 0.256 e. The quantitative estimate of drug-likeness (QED) is 0.874. The molecule has 1 aliphatic rings. The Morgan fingerprint density at radius 3 is 2.62 bits per heavy atom. The lowest BCUT2D eigenvalue weighted by Crippen LogP contribution is -2.27. The van der Waals surface area contributed by atoms with Crippen LogP contribution in [0.1, 0.15) is 33.3 Å². The van der Waals surface area contributed by atoms with E-state index in [1.54, 1.807) is 12.1 Å². The molecule has 0 saturated carbocycles. The van der Waals surface area contributed by atoms with Crippen molar-refractivity contribution < 1.29 is 9.90 Å². The van der Waals surface area contributed by atoms with Gasteiger partial charge in [-0.15, -0.1) is 6.58 Å².